The number of aliphatic hydroxyl groups excluding tert-OH is 1. The van der Waals surface area contributed by atoms with Crippen molar-refractivity contribution < 1.29 is 9.52 Å². The molecule has 2 atom stereocenters. The quantitative estimate of drug-likeness (QED) is 0.840. The standard InChI is InChI=1S/C12H20N2O2/c1-9(7-15)11-8-16-12(13-11)6-10-4-3-5-14(10)2/h8-10,15H,3-7H2,1-2H3. The molecule has 4 nitrogen and oxygen atoms in total. The van der Waals surface area contributed by atoms with Gasteiger partial charge < -0.3 is 14.4 Å². The van der Waals surface area contributed by atoms with Gasteiger partial charge in [0, 0.05) is 18.4 Å². The molecule has 0 bridgehead atoms. The van der Waals surface area contributed by atoms with Gasteiger partial charge in [0.25, 0.3) is 0 Å². The van der Waals surface area contributed by atoms with Crippen LogP contribution in [-0.4, -0.2) is 41.2 Å². The van der Waals surface area contributed by atoms with Crippen LogP contribution in [0.1, 0.15) is 37.3 Å². The first-order valence-corrected chi connectivity index (χ1v) is 5.96. The molecule has 4 heteroatoms. The Morgan fingerprint density at radius 2 is 2.50 bits per heavy atom. The highest BCUT2D eigenvalue weighted by Gasteiger charge is 2.23. The summed E-state index contributed by atoms with van der Waals surface area (Å²) in [4.78, 5) is 6.79. The van der Waals surface area contributed by atoms with Crippen LogP contribution in [-0.2, 0) is 6.42 Å². The van der Waals surface area contributed by atoms with E-state index < -0.39 is 0 Å². The fourth-order valence-corrected chi connectivity index (χ4v) is 2.18. The lowest BCUT2D eigenvalue weighted by molar-refractivity contribution is 0.271. The van der Waals surface area contributed by atoms with Crippen molar-refractivity contribution in [3.63, 3.8) is 0 Å². The SMILES string of the molecule is CC(CO)c1coc(CC2CCCN2C)n1. The van der Waals surface area contributed by atoms with Crippen molar-refractivity contribution in [1.82, 2.24) is 9.88 Å². The molecule has 1 aromatic rings. The molecule has 0 aliphatic carbocycles. The molecule has 16 heavy (non-hydrogen) atoms. The average molecular weight is 224 g/mol. The zero-order valence-electron chi connectivity index (χ0n) is 10.0. The van der Waals surface area contributed by atoms with Crippen molar-refractivity contribution in [3.8, 4) is 0 Å². The highest BCUT2D eigenvalue weighted by atomic mass is 16.3. The third-order valence-corrected chi connectivity index (χ3v) is 3.43. The maximum atomic E-state index is 9.03. The number of aromatic nitrogens is 1. The molecule has 1 aliphatic heterocycles. The average Bonchev–Trinajstić information content (AvgIpc) is 2.89. The Balaban J connectivity index is 1.97. The third kappa shape index (κ3) is 2.44. The normalized spacial score (nSPS) is 23.8. The van der Waals surface area contributed by atoms with E-state index in [1.165, 1.54) is 19.4 Å². The molecule has 2 rings (SSSR count). The summed E-state index contributed by atoms with van der Waals surface area (Å²) >= 11 is 0. The maximum absolute atomic E-state index is 9.03. The second kappa shape index (κ2) is 4.97. The molecule has 0 amide bonds. The maximum Gasteiger partial charge on any atom is 0.195 e. The molecular weight excluding hydrogens is 204 g/mol. The Labute approximate surface area is 96.3 Å². The molecule has 90 valence electrons. The van der Waals surface area contributed by atoms with E-state index in [1.54, 1.807) is 6.26 Å². The van der Waals surface area contributed by atoms with Crippen molar-refractivity contribution in [2.75, 3.05) is 20.2 Å². The van der Waals surface area contributed by atoms with Gasteiger partial charge in [0.2, 0.25) is 0 Å². The monoisotopic (exact) mass is 224 g/mol. The molecule has 1 N–H and O–H groups in total. The smallest absolute Gasteiger partial charge is 0.195 e. The van der Waals surface area contributed by atoms with E-state index in [0.29, 0.717) is 6.04 Å². The molecule has 0 radical (unpaired) electrons. The van der Waals surface area contributed by atoms with E-state index in [1.807, 2.05) is 6.92 Å². The van der Waals surface area contributed by atoms with Gasteiger partial charge in [0.05, 0.1) is 12.3 Å². The number of oxazole rings is 1. The van der Waals surface area contributed by atoms with Crippen LogP contribution >= 0.6 is 0 Å². The number of hydrogen-bond acceptors (Lipinski definition) is 4. The Kier molecular flexibility index (Phi) is 3.61. The van der Waals surface area contributed by atoms with Crippen LogP contribution in [0.4, 0.5) is 0 Å². The minimum Gasteiger partial charge on any atom is -0.449 e. The molecule has 1 aromatic heterocycles. The fraction of sp³-hybridized carbons (Fsp3) is 0.750. The number of nitrogens with zero attached hydrogens (tertiary/aromatic N) is 2. The number of hydrogen-bond donors (Lipinski definition) is 1. The predicted molar refractivity (Wildman–Crippen MR) is 61.4 cm³/mol. The van der Waals surface area contributed by atoms with Crippen molar-refractivity contribution in [3.05, 3.63) is 17.8 Å². The van der Waals surface area contributed by atoms with Crippen LogP contribution in [0.15, 0.2) is 10.7 Å². The Bertz CT molecular complexity index is 338. The molecule has 0 saturated carbocycles. The molecule has 0 aromatic carbocycles. The van der Waals surface area contributed by atoms with E-state index in [9.17, 15) is 0 Å². The van der Waals surface area contributed by atoms with Gasteiger partial charge in [0.1, 0.15) is 6.26 Å². The molecule has 0 spiro atoms. The first kappa shape index (κ1) is 11.6. The minimum atomic E-state index is 0.0683. The Morgan fingerprint density at radius 3 is 3.12 bits per heavy atom. The largest absolute Gasteiger partial charge is 0.449 e. The van der Waals surface area contributed by atoms with Crippen LogP contribution in [0.3, 0.4) is 0 Å². The molecular formula is C12H20N2O2. The molecule has 1 aliphatic rings. The van der Waals surface area contributed by atoms with Crippen LogP contribution in [0.5, 0.6) is 0 Å². The predicted octanol–water partition coefficient (Wildman–Crippen LogP) is 1.41. The first-order valence-electron chi connectivity index (χ1n) is 5.96. The number of rotatable bonds is 4. The van der Waals surface area contributed by atoms with E-state index in [4.69, 9.17) is 9.52 Å². The van der Waals surface area contributed by atoms with E-state index in [0.717, 1.165) is 18.0 Å². The van der Waals surface area contributed by atoms with Gasteiger partial charge in [-0.3, -0.25) is 0 Å². The van der Waals surface area contributed by atoms with Crippen molar-refractivity contribution in [1.29, 1.82) is 0 Å². The van der Waals surface area contributed by atoms with Gasteiger partial charge >= 0.3 is 0 Å². The Hall–Kier alpha value is -0.870. The molecule has 2 heterocycles. The lowest BCUT2D eigenvalue weighted by Crippen LogP contribution is -2.26. The summed E-state index contributed by atoms with van der Waals surface area (Å²) in [6, 6.07) is 0.566. The molecule has 1 fully saturated rings. The van der Waals surface area contributed by atoms with Crippen LogP contribution in [0, 0.1) is 0 Å². The Morgan fingerprint density at radius 1 is 1.69 bits per heavy atom. The summed E-state index contributed by atoms with van der Waals surface area (Å²) in [7, 11) is 2.15. The highest BCUT2D eigenvalue weighted by molar-refractivity contribution is 5.04. The molecule has 1 saturated heterocycles. The number of likely N-dealkylation sites (tertiary alicyclic amines) is 1. The zero-order valence-corrected chi connectivity index (χ0v) is 10.0. The summed E-state index contributed by atoms with van der Waals surface area (Å²) in [5.74, 6) is 0.868. The lowest BCUT2D eigenvalue weighted by Gasteiger charge is -2.17. The van der Waals surface area contributed by atoms with Crippen molar-refractivity contribution >= 4 is 0 Å². The molecule has 2 unspecified atom stereocenters. The summed E-state index contributed by atoms with van der Waals surface area (Å²) in [6.07, 6.45) is 5.05. The zero-order chi connectivity index (χ0) is 11.5. The van der Waals surface area contributed by atoms with Gasteiger partial charge in [-0.2, -0.15) is 0 Å². The summed E-state index contributed by atoms with van der Waals surface area (Å²) < 4.78 is 5.45. The van der Waals surface area contributed by atoms with E-state index in [-0.39, 0.29) is 12.5 Å². The van der Waals surface area contributed by atoms with Gasteiger partial charge in [-0.15, -0.1) is 0 Å². The van der Waals surface area contributed by atoms with Gasteiger partial charge in [-0.25, -0.2) is 4.98 Å². The fourth-order valence-electron chi connectivity index (χ4n) is 2.18. The highest BCUT2D eigenvalue weighted by Crippen LogP contribution is 2.20. The number of aliphatic hydroxyl groups is 1. The van der Waals surface area contributed by atoms with Gasteiger partial charge in [0.15, 0.2) is 5.89 Å². The van der Waals surface area contributed by atoms with Gasteiger partial charge in [-0.05, 0) is 26.4 Å². The number of likely N-dealkylation sites (N-methyl/N-ethyl adjacent to an activating group) is 1. The van der Waals surface area contributed by atoms with Crippen LogP contribution < -0.4 is 0 Å². The van der Waals surface area contributed by atoms with Gasteiger partial charge in [-0.1, -0.05) is 6.92 Å². The summed E-state index contributed by atoms with van der Waals surface area (Å²) in [5, 5.41) is 9.03. The van der Waals surface area contributed by atoms with Crippen molar-refractivity contribution in [2.24, 2.45) is 0 Å². The second-order valence-electron chi connectivity index (χ2n) is 4.73. The second-order valence-corrected chi connectivity index (χ2v) is 4.73. The topological polar surface area (TPSA) is 49.5 Å². The van der Waals surface area contributed by atoms with Crippen LogP contribution in [0.25, 0.3) is 0 Å². The van der Waals surface area contributed by atoms with E-state index in [2.05, 4.69) is 16.9 Å². The third-order valence-electron chi connectivity index (χ3n) is 3.43. The van der Waals surface area contributed by atoms with Crippen LogP contribution in [0.2, 0.25) is 0 Å². The minimum absolute atomic E-state index is 0.0683. The van der Waals surface area contributed by atoms with Crippen molar-refractivity contribution in [2.45, 2.75) is 38.1 Å². The summed E-state index contributed by atoms with van der Waals surface area (Å²) in [5.41, 5.74) is 0.859. The first-order chi connectivity index (χ1) is 7.70. The lowest BCUT2D eigenvalue weighted by atomic mass is 10.1. The summed E-state index contributed by atoms with van der Waals surface area (Å²) in [6.45, 7) is 3.24. The van der Waals surface area contributed by atoms with E-state index >= 15 is 0 Å².